The van der Waals surface area contributed by atoms with E-state index in [1.165, 1.54) is 0 Å². The second-order valence-electron chi connectivity index (χ2n) is 0. The third-order valence-electron chi connectivity index (χ3n) is 0. The standard InChI is InChI=1S/C2H5.3W/c1-2;;;/h1H2,2H3;;;/q-1;;;. The van der Waals surface area contributed by atoms with Crippen LogP contribution in [0.1, 0.15) is 6.92 Å². The van der Waals surface area contributed by atoms with E-state index in [2.05, 4.69) is 6.92 Å². The van der Waals surface area contributed by atoms with Gasteiger partial charge in [0.2, 0.25) is 0 Å². The van der Waals surface area contributed by atoms with Gasteiger partial charge >= 0.3 is 0 Å². The molecule has 0 aromatic heterocycles. The van der Waals surface area contributed by atoms with E-state index >= 15 is 0 Å². The van der Waals surface area contributed by atoms with Crippen molar-refractivity contribution in [3.63, 3.8) is 0 Å². The number of hydrogen-bond donors (Lipinski definition) is 0. The fourth-order valence-electron chi connectivity index (χ4n) is 0. The maximum atomic E-state index is 3.25. The van der Waals surface area contributed by atoms with Crippen molar-refractivity contribution < 1.29 is 63.2 Å². The average molecular weight is 581 g/mol. The van der Waals surface area contributed by atoms with Crippen LogP contribution in [0, 0.1) is 6.92 Å². The van der Waals surface area contributed by atoms with Crippen molar-refractivity contribution in [1.29, 1.82) is 0 Å². The van der Waals surface area contributed by atoms with E-state index in [1.807, 2.05) is 0 Å². The minimum absolute atomic E-state index is 0. The summed E-state index contributed by atoms with van der Waals surface area (Å²) in [6, 6.07) is 0. The van der Waals surface area contributed by atoms with Gasteiger partial charge in [0.15, 0.2) is 0 Å². The zero-order valence-corrected chi connectivity index (χ0v) is 11.7. The van der Waals surface area contributed by atoms with Crippen molar-refractivity contribution in [1.82, 2.24) is 0 Å². The molecular formula is C2H5W3-. The maximum absolute atomic E-state index is 3.25. The fraction of sp³-hybridized carbons (Fsp3) is 0.500. The minimum Gasteiger partial charge on any atom is -0.346 e. The van der Waals surface area contributed by atoms with Crippen LogP contribution in [-0.2, 0) is 63.2 Å². The fourth-order valence-corrected chi connectivity index (χ4v) is 0. The van der Waals surface area contributed by atoms with Crippen molar-refractivity contribution in [2.75, 3.05) is 0 Å². The van der Waals surface area contributed by atoms with Crippen molar-refractivity contribution in [2.45, 2.75) is 6.92 Å². The second-order valence-corrected chi connectivity index (χ2v) is 0. The molecule has 0 saturated carbocycles. The molecule has 0 amide bonds. The van der Waals surface area contributed by atoms with Gasteiger partial charge in [0, 0.05) is 63.2 Å². The molecule has 32 valence electrons. The summed E-state index contributed by atoms with van der Waals surface area (Å²) in [4.78, 5) is 0. The predicted octanol–water partition coefficient (Wildman–Crippen LogP) is 0.833. The largest absolute Gasteiger partial charge is 0.346 e. The Morgan fingerprint density at radius 2 is 0.800 bits per heavy atom. The van der Waals surface area contributed by atoms with Gasteiger partial charge in [-0.25, -0.2) is 0 Å². The molecule has 0 heterocycles. The van der Waals surface area contributed by atoms with Gasteiger partial charge in [-0.15, -0.1) is 0 Å². The normalized spacial score (nSPS) is 1.20. The molecule has 0 radical (unpaired) electrons. The first-order valence-corrected chi connectivity index (χ1v) is 0.707. The number of hydrogen-bond acceptors (Lipinski definition) is 0. The Bertz CT molecular complexity index is 4.85. The second kappa shape index (κ2) is 36.5. The molecule has 0 aliphatic rings. The third-order valence-corrected chi connectivity index (χ3v) is 0. The zero-order valence-electron chi connectivity index (χ0n) is 2.93. The molecule has 0 aromatic rings. The van der Waals surface area contributed by atoms with Crippen molar-refractivity contribution in [3.05, 3.63) is 6.92 Å². The monoisotopic (exact) mass is 581 g/mol. The number of rotatable bonds is 0. The van der Waals surface area contributed by atoms with Crippen LogP contribution in [-0.4, -0.2) is 0 Å². The van der Waals surface area contributed by atoms with Crippen molar-refractivity contribution in [2.24, 2.45) is 0 Å². The summed E-state index contributed by atoms with van der Waals surface area (Å²) < 4.78 is 0. The van der Waals surface area contributed by atoms with Gasteiger partial charge < -0.3 is 6.92 Å². The van der Waals surface area contributed by atoms with Crippen molar-refractivity contribution >= 4 is 0 Å². The predicted molar refractivity (Wildman–Crippen MR) is 11.0 cm³/mol. The smallest absolute Gasteiger partial charge is 0 e. The Balaban J connectivity index is -0.00000000167. The minimum atomic E-state index is 0. The molecule has 0 saturated heterocycles. The molecule has 0 nitrogen and oxygen atoms in total. The average Bonchev–Trinajstić information content (AvgIpc) is 1.00. The quantitative estimate of drug-likeness (QED) is 0.373. The summed E-state index contributed by atoms with van der Waals surface area (Å²) in [5.41, 5.74) is 0. The molecule has 0 unspecified atom stereocenters. The van der Waals surface area contributed by atoms with E-state index in [1.54, 1.807) is 6.92 Å². The van der Waals surface area contributed by atoms with Crippen LogP contribution in [0.5, 0.6) is 0 Å². The summed E-state index contributed by atoms with van der Waals surface area (Å²) in [6.45, 7) is 5.00. The summed E-state index contributed by atoms with van der Waals surface area (Å²) in [7, 11) is 0. The van der Waals surface area contributed by atoms with Gasteiger partial charge in [-0.1, -0.05) is 0 Å². The third kappa shape index (κ3) is 23.5. The van der Waals surface area contributed by atoms with E-state index in [0.717, 1.165) is 0 Å². The Kier molecular flexibility index (Phi) is 202. The van der Waals surface area contributed by atoms with E-state index in [-0.39, 0.29) is 63.2 Å². The summed E-state index contributed by atoms with van der Waals surface area (Å²) in [6.07, 6.45) is 0. The van der Waals surface area contributed by atoms with Crippen LogP contribution in [0.3, 0.4) is 0 Å². The molecule has 0 aliphatic carbocycles. The van der Waals surface area contributed by atoms with Crippen LogP contribution in [0.25, 0.3) is 0 Å². The molecule has 0 spiro atoms. The first kappa shape index (κ1) is 27.7. The van der Waals surface area contributed by atoms with Crippen LogP contribution >= 0.6 is 0 Å². The SMILES string of the molecule is [CH2-]C.[W].[W].[W]. The van der Waals surface area contributed by atoms with Gasteiger partial charge in [-0.2, -0.15) is 6.92 Å². The van der Waals surface area contributed by atoms with Crippen LogP contribution in [0.4, 0.5) is 0 Å². The van der Waals surface area contributed by atoms with Crippen LogP contribution < -0.4 is 0 Å². The van der Waals surface area contributed by atoms with Gasteiger partial charge in [0.1, 0.15) is 0 Å². The molecule has 0 fully saturated rings. The molecule has 3 heteroatoms. The van der Waals surface area contributed by atoms with Gasteiger partial charge in [-0.3, -0.25) is 0 Å². The first-order chi connectivity index (χ1) is 1.00. The molecule has 0 N–H and O–H groups in total. The Morgan fingerprint density at radius 3 is 0.800 bits per heavy atom. The zero-order chi connectivity index (χ0) is 2.00. The molecule has 0 atom stereocenters. The van der Waals surface area contributed by atoms with Crippen molar-refractivity contribution in [3.8, 4) is 0 Å². The molecule has 0 aliphatic heterocycles. The Morgan fingerprint density at radius 1 is 0.800 bits per heavy atom. The van der Waals surface area contributed by atoms with Gasteiger partial charge in [0.25, 0.3) is 0 Å². The van der Waals surface area contributed by atoms with E-state index < -0.39 is 0 Å². The molecule has 5 heavy (non-hydrogen) atoms. The first-order valence-electron chi connectivity index (χ1n) is 0.707. The molecular weight excluding hydrogens is 576 g/mol. The summed E-state index contributed by atoms with van der Waals surface area (Å²) in [5.74, 6) is 0. The molecule has 0 bridgehead atoms. The molecule has 0 rings (SSSR count). The Hall–Kier alpha value is 2.06. The topological polar surface area (TPSA) is 0 Å². The van der Waals surface area contributed by atoms with E-state index in [9.17, 15) is 0 Å². The summed E-state index contributed by atoms with van der Waals surface area (Å²) in [5, 5.41) is 0. The Labute approximate surface area is 76.3 Å². The summed E-state index contributed by atoms with van der Waals surface area (Å²) >= 11 is 0. The maximum Gasteiger partial charge on any atom is 0 e. The van der Waals surface area contributed by atoms with E-state index in [0.29, 0.717) is 0 Å². The molecule has 0 aromatic carbocycles. The van der Waals surface area contributed by atoms with Crippen LogP contribution in [0.15, 0.2) is 0 Å². The van der Waals surface area contributed by atoms with Crippen LogP contribution in [0.2, 0.25) is 0 Å². The van der Waals surface area contributed by atoms with E-state index in [4.69, 9.17) is 0 Å². The van der Waals surface area contributed by atoms with Gasteiger partial charge in [0.05, 0.1) is 0 Å². The van der Waals surface area contributed by atoms with Gasteiger partial charge in [-0.05, 0) is 0 Å².